The van der Waals surface area contributed by atoms with Gasteiger partial charge in [-0.3, -0.25) is 14.4 Å². The number of carbonyl (C=O) groups is 3. The highest BCUT2D eigenvalue weighted by Crippen LogP contribution is 2.53. The molecule has 8 nitrogen and oxygen atoms in total. The van der Waals surface area contributed by atoms with Crippen LogP contribution in [-0.2, 0) is 19.8 Å². The molecule has 31 heavy (non-hydrogen) atoms. The van der Waals surface area contributed by atoms with Gasteiger partial charge in [0, 0.05) is 56.7 Å². The van der Waals surface area contributed by atoms with Crippen LogP contribution in [-0.4, -0.2) is 80.4 Å². The average molecular weight is 449 g/mol. The first kappa shape index (κ1) is 21.9. The fourth-order valence-corrected chi connectivity index (χ4v) is 5.40. The molecule has 0 saturated carbocycles. The monoisotopic (exact) mass is 448 g/mol. The number of fused-ring (bicyclic) bond motifs is 2. The molecule has 3 amide bonds. The second-order valence-corrected chi connectivity index (χ2v) is 8.81. The molecule has 0 aliphatic carbocycles. The molecule has 1 aromatic rings. The van der Waals surface area contributed by atoms with Crippen LogP contribution in [0.1, 0.15) is 31.7 Å². The van der Waals surface area contributed by atoms with Gasteiger partial charge in [0.2, 0.25) is 17.7 Å². The SMILES string of the molecule is COc1ccc(Cl)c2c1N(CCC(=O)N1CCN(C(C)=O)CC1)C(=O)C21CCNCC1. The van der Waals surface area contributed by atoms with Crippen LogP contribution in [0, 0.1) is 0 Å². The highest BCUT2D eigenvalue weighted by atomic mass is 35.5. The van der Waals surface area contributed by atoms with E-state index in [9.17, 15) is 14.4 Å². The normalized spacial score (nSPS) is 20.2. The van der Waals surface area contributed by atoms with E-state index in [2.05, 4.69) is 5.32 Å². The van der Waals surface area contributed by atoms with Gasteiger partial charge in [-0.2, -0.15) is 0 Å². The molecule has 2 fully saturated rings. The minimum atomic E-state index is -0.664. The molecule has 9 heteroatoms. The second-order valence-electron chi connectivity index (χ2n) is 8.40. The van der Waals surface area contributed by atoms with Crippen LogP contribution < -0.4 is 15.0 Å². The first-order valence-electron chi connectivity index (χ1n) is 10.8. The molecule has 3 aliphatic heterocycles. The maximum absolute atomic E-state index is 13.7. The molecular weight excluding hydrogens is 420 g/mol. The van der Waals surface area contributed by atoms with Crippen molar-refractivity contribution < 1.29 is 19.1 Å². The number of halogens is 1. The number of hydrogen-bond donors (Lipinski definition) is 1. The third-order valence-corrected chi connectivity index (χ3v) is 7.11. The Morgan fingerprint density at radius 2 is 1.77 bits per heavy atom. The summed E-state index contributed by atoms with van der Waals surface area (Å²) in [7, 11) is 1.58. The van der Waals surface area contributed by atoms with E-state index in [0.29, 0.717) is 55.5 Å². The van der Waals surface area contributed by atoms with Crippen LogP contribution in [0.25, 0.3) is 0 Å². The number of nitrogens with zero attached hydrogens (tertiary/aromatic N) is 3. The third kappa shape index (κ3) is 3.76. The van der Waals surface area contributed by atoms with Crippen LogP contribution in [0.4, 0.5) is 5.69 Å². The highest BCUT2D eigenvalue weighted by molar-refractivity contribution is 6.33. The van der Waals surface area contributed by atoms with E-state index in [1.54, 1.807) is 40.9 Å². The zero-order valence-corrected chi connectivity index (χ0v) is 18.8. The van der Waals surface area contributed by atoms with Gasteiger partial charge in [0.25, 0.3) is 0 Å². The van der Waals surface area contributed by atoms with Crippen molar-refractivity contribution in [3.63, 3.8) is 0 Å². The number of amides is 3. The Kier molecular flexibility index (Phi) is 6.12. The van der Waals surface area contributed by atoms with Crippen molar-refractivity contribution in [3.8, 4) is 5.75 Å². The number of piperidine rings is 1. The van der Waals surface area contributed by atoms with Crippen LogP contribution >= 0.6 is 11.6 Å². The Labute approximate surface area is 187 Å². The number of ether oxygens (including phenoxy) is 1. The van der Waals surface area contributed by atoms with Gasteiger partial charge in [-0.05, 0) is 38.1 Å². The summed E-state index contributed by atoms with van der Waals surface area (Å²) in [5, 5.41) is 3.89. The predicted molar refractivity (Wildman–Crippen MR) is 118 cm³/mol. The van der Waals surface area contributed by atoms with Crippen molar-refractivity contribution in [2.45, 2.75) is 31.6 Å². The van der Waals surface area contributed by atoms with Gasteiger partial charge in [-0.1, -0.05) is 11.6 Å². The van der Waals surface area contributed by atoms with Gasteiger partial charge < -0.3 is 24.8 Å². The summed E-state index contributed by atoms with van der Waals surface area (Å²) < 4.78 is 5.58. The predicted octanol–water partition coefficient (Wildman–Crippen LogP) is 1.40. The van der Waals surface area contributed by atoms with E-state index in [1.807, 2.05) is 0 Å². The zero-order chi connectivity index (χ0) is 22.2. The Morgan fingerprint density at radius 1 is 1.13 bits per heavy atom. The van der Waals surface area contributed by atoms with Gasteiger partial charge >= 0.3 is 0 Å². The van der Waals surface area contributed by atoms with E-state index < -0.39 is 5.41 Å². The van der Waals surface area contributed by atoms with Crippen molar-refractivity contribution >= 4 is 35.0 Å². The van der Waals surface area contributed by atoms with E-state index in [-0.39, 0.29) is 30.7 Å². The minimum Gasteiger partial charge on any atom is -0.495 e. The van der Waals surface area contributed by atoms with Crippen LogP contribution in [0.5, 0.6) is 5.75 Å². The largest absolute Gasteiger partial charge is 0.495 e. The molecule has 2 saturated heterocycles. The summed E-state index contributed by atoms with van der Waals surface area (Å²) in [5.74, 6) is 0.627. The zero-order valence-electron chi connectivity index (χ0n) is 18.1. The van der Waals surface area contributed by atoms with Crippen molar-refractivity contribution in [2.75, 3.05) is 57.8 Å². The van der Waals surface area contributed by atoms with Gasteiger partial charge in [-0.15, -0.1) is 0 Å². The number of anilines is 1. The molecule has 1 N–H and O–H groups in total. The number of benzene rings is 1. The molecule has 0 radical (unpaired) electrons. The number of nitrogens with one attached hydrogen (secondary N) is 1. The van der Waals surface area contributed by atoms with Gasteiger partial charge in [0.1, 0.15) is 5.75 Å². The van der Waals surface area contributed by atoms with E-state index in [1.165, 1.54) is 0 Å². The van der Waals surface area contributed by atoms with E-state index in [0.717, 1.165) is 18.7 Å². The van der Waals surface area contributed by atoms with Gasteiger partial charge in [0.15, 0.2) is 0 Å². The standard InChI is InChI=1S/C22H29ClN4O4/c1-15(28)25-11-13-26(14-12-25)18(29)5-10-27-20-17(31-2)4-3-16(23)19(20)22(21(27)30)6-8-24-9-7-22/h3-4,24H,5-14H2,1-2H3. The maximum atomic E-state index is 13.7. The minimum absolute atomic E-state index is 0.00426. The van der Waals surface area contributed by atoms with Gasteiger partial charge in [-0.25, -0.2) is 0 Å². The summed E-state index contributed by atoms with van der Waals surface area (Å²) in [6, 6.07) is 3.57. The molecule has 0 bridgehead atoms. The third-order valence-electron chi connectivity index (χ3n) is 6.80. The number of piperazine rings is 1. The van der Waals surface area contributed by atoms with Crippen LogP contribution in [0.2, 0.25) is 5.02 Å². The first-order valence-corrected chi connectivity index (χ1v) is 11.2. The number of hydrogen-bond acceptors (Lipinski definition) is 5. The summed E-state index contributed by atoms with van der Waals surface area (Å²) in [4.78, 5) is 43.3. The van der Waals surface area contributed by atoms with E-state index in [4.69, 9.17) is 16.3 Å². The Hall–Kier alpha value is -2.32. The van der Waals surface area contributed by atoms with Crippen LogP contribution in [0.3, 0.4) is 0 Å². The maximum Gasteiger partial charge on any atom is 0.238 e. The molecule has 1 spiro atoms. The summed E-state index contributed by atoms with van der Waals surface area (Å²) in [6.45, 7) is 5.45. The molecule has 4 rings (SSSR count). The molecule has 3 aliphatic rings. The number of methoxy groups -OCH3 is 1. The van der Waals surface area contributed by atoms with Crippen LogP contribution in [0.15, 0.2) is 12.1 Å². The molecule has 0 aromatic heterocycles. The molecule has 168 valence electrons. The Morgan fingerprint density at radius 3 is 2.39 bits per heavy atom. The molecule has 0 unspecified atom stereocenters. The average Bonchev–Trinajstić information content (AvgIpc) is 3.01. The summed E-state index contributed by atoms with van der Waals surface area (Å²) in [6.07, 6.45) is 1.56. The Bertz CT molecular complexity index is 892. The van der Waals surface area contributed by atoms with Crippen molar-refractivity contribution in [3.05, 3.63) is 22.7 Å². The van der Waals surface area contributed by atoms with Crippen molar-refractivity contribution in [1.82, 2.24) is 15.1 Å². The molecular formula is C22H29ClN4O4. The molecule has 0 atom stereocenters. The van der Waals surface area contributed by atoms with Crippen molar-refractivity contribution in [1.29, 1.82) is 0 Å². The second kappa shape index (κ2) is 8.67. The Balaban J connectivity index is 1.54. The van der Waals surface area contributed by atoms with E-state index >= 15 is 0 Å². The lowest BCUT2D eigenvalue weighted by Gasteiger charge is -2.35. The smallest absolute Gasteiger partial charge is 0.238 e. The first-order chi connectivity index (χ1) is 14.9. The highest BCUT2D eigenvalue weighted by Gasteiger charge is 2.53. The fourth-order valence-electron chi connectivity index (χ4n) is 5.07. The lowest BCUT2D eigenvalue weighted by atomic mass is 9.74. The summed E-state index contributed by atoms with van der Waals surface area (Å²) >= 11 is 6.61. The fraction of sp³-hybridized carbons (Fsp3) is 0.591. The van der Waals surface area contributed by atoms with Gasteiger partial charge in [0.05, 0.1) is 18.2 Å². The lowest BCUT2D eigenvalue weighted by molar-refractivity contribution is -0.138. The number of carbonyl (C=O) groups excluding carboxylic acids is 3. The molecule has 3 heterocycles. The molecule has 1 aromatic carbocycles. The number of rotatable bonds is 4. The topological polar surface area (TPSA) is 82.2 Å². The summed E-state index contributed by atoms with van der Waals surface area (Å²) in [5.41, 5.74) is 0.876. The van der Waals surface area contributed by atoms with Crippen molar-refractivity contribution in [2.24, 2.45) is 0 Å². The lowest BCUT2D eigenvalue weighted by Crippen LogP contribution is -2.51. The quantitative estimate of drug-likeness (QED) is 0.752.